The zero-order valence-electron chi connectivity index (χ0n) is 18.7. The van der Waals surface area contributed by atoms with Gasteiger partial charge in [-0.25, -0.2) is 0 Å². The SMILES string of the molecule is CCCN1C(=O)C(c2ccc([N+](=O)[O-])cc2)=C(N2CCN(c3ccccc3OC)CC2)C1=O. The number of imide groups is 1. The van der Waals surface area contributed by atoms with Gasteiger partial charge in [0.1, 0.15) is 11.4 Å². The van der Waals surface area contributed by atoms with Crippen LogP contribution in [-0.4, -0.2) is 66.4 Å². The summed E-state index contributed by atoms with van der Waals surface area (Å²) in [7, 11) is 1.64. The second kappa shape index (κ2) is 9.32. The molecule has 9 nitrogen and oxygen atoms in total. The summed E-state index contributed by atoms with van der Waals surface area (Å²) in [6, 6.07) is 13.6. The van der Waals surface area contributed by atoms with E-state index in [1.54, 1.807) is 19.2 Å². The lowest BCUT2D eigenvalue weighted by atomic mass is 10.0. The molecule has 2 aliphatic heterocycles. The minimum absolute atomic E-state index is 0.0616. The summed E-state index contributed by atoms with van der Waals surface area (Å²) in [6.07, 6.45) is 0.653. The Kier molecular flexibility index (Phi) is 6.30. The fourth-order valence-electron chi connectivity index (χ4n) is 4.36. The molecule has 2 aromatic carbocycles. The van der Waals surface area contributed by atoms with Gasteiger partial charge in [-0.1, -0.05) is 19.1 Å². The van der Waals surface area contributed by atoms with Crippen LogP contribution in [0.2, 0.25) is 0 Å². The molecule has 0 aromatic heterocycles. The van der Waals surface area contributed by atoms with Gasteiger partial charge in [0, 0.05) is 44.9 Å². The Labute approximate surface area is 192 Å². The first-order chi connectivity index (χ1) is 16.0. The average Bonchev–Trinajstić information content (AvgIpc) is 3.09. The lowest BCUT2D eigenvalue weighted by Crippen LogP contribution is -2.47. The monoisotopic (exact) mass is 450 g/mol. The average molecular weight is 450 g/mol. The molecule has 4 rings (SSSR count). The van der Waals surface area contributed by atoms with Gasteiger partial charge in [0.25, 0.3) is 17.5 Å². The van der Waals surface area contributed by atoms with E-state index in [1.807, 2.05) is 36.1 Å². The molecule has 2 aromatic rings. The number of para-hydroxylation sites is 2. The topological polar surface area (TPSA) is 96.2 Å². The van der Waals surface area contributed by atoms with Crippen LogP contribution in [0.5, 0.6) is 5.75 Å². The smallest absolute Gasteiger partial charge is 0.277 e. The Bertz CT molecular complexity index is 1100. The second-order valence-corrected chi connectivity index (χ2v) is 7.94. The number of non-ortho nitro benzene ring substituents is 1. The van der Waals surface area contributed by atoms with Crippen molar-refractivity contribution in [2.24, 2.45) is 0 Å². The Morgan fingerprint density at radius 2 is 1.58 bits per heavy atom. The first kappa shape index (κ1) is 22.3. The number of nitro groups is 1. The molecule has 1 saturated heterocycles. The molecule has 2 heterocycles. The van der Waals surface area contributed by atoms with Gasteiger partial charge in [-0.15, -0.1) is 0 Å². The van der Waals surface area contributed by atoms with Crippen molar-refractivity contribution in [2.75, 3.05) is 44.7 Å². The van der Waals surface area contributed by atoms with Crippen molar-refractivity contribution in [3.05, 3.63) is 69.9 Å². The van der Waals surface area contributed by atoms with E-state index >= 15 is 0 Å². The van der Waals surface area contributed by atoms with Crippen LogP contribution in [0.15, 0.2) is 54.2 Å². The van der Waals surface area contributed by atoms with Gasteiger partial charge >= 0.3 is 0 Å². The van der Waals surface area contributed by atoms with Gasteiger partial charge in [-0.2, -0.15) is 0 Å². The summed E-state index contributed by atoms with van der Waals surface area (Å²) >= 11 is 0. The van der Waals surface area contributed by atoms with E-state index in [0.717, 1.165) is 11.4 Å². The second-order valence-electron chi connectivity index (χ2n) is 7.94. The first-order valence-electron chi connectivity index (χ1n) is 10.9. The van der Waals surface area contributed by atoms with Gasteiger partial charge in [0.2, 0.25) is 0 Å². The highest BCUT2D eigenvalue weighted by atomic mass is 16.6. The molecule has 0 radical (unpaired) electrons. The van der Waals surface area contributed by atoms with Crippen LogP contribution in [0.3, 0.4) is 0 Å². The highest BCUT2D eigenvalue weighted by molar-refractivity contribution is 6.35. The fourth-order valence-corrected chi connectivity index (χ4v) is 4.36. The minimum Gasteiger partial charge on any atom is -0.495 e. The van der Waals surface area contributed by atoms with E-state index in [4.69, 9.17) is 4.74 Å². The summed E-state index contributed by atoms with van der Waals surface area (Å²) in [5.41, 5.74) is 2.13. The molecule has 0 aliphatic carbocycles. The Morgan fingerprint density at radius 3 is 2.18 bits per heavy atom. The van der Waals surface area contributed by atoms with Crippen molar-refractivity contribution in [1.82, 2.24) is 9.80 Å². The number of nitro benzene ring substituents is 1. The van der Waals surface area contributed by atoms with Gasteiger partial charge in [0.05, 0.1) is 23.3 Å². The normalized spacial score (nSPS) is 16.6. The van der Waals surface area contributed by atoms with Crippen LogP contribution in [-0.2, 0) is 9.59 Å². The molecule has 172 valence electrons. The predicted molar refractivity (Wildman–Crippen MR) is 124 cm³/mol. The first-order valence-corrected chi connectivity index (χ1v) is 10.9. The molecule has 33 heavy (non-hydrogen) atoms. The lowest BCUT2D eigenvalue weighted by molar-refractivity contribution is -0.384. The van der Waals surface area contributed by atoms with Crippen molar-refractivity contribution in [3.8, 4) is 5.75 Å². The van der Waals surface area contributed by atoms with E-state index in [9.17, 15) is 19.7 Å². The molecule has 2 aliphatic rings. The van der Waals surface area contributed by atoms with Gasteiger partial charge in [-0.3, -0.25) is 24.6 Å². The summed E-state index contributed by atoms with van der Waals surface area (Å²) in [4.78, 5) is 42.5. The van der Waals surface area contributed by atoms with E-state index in [0.29, 0.717) is 56.0 Å². The quantitative estimate of drug-likeness (QED) is 0.364. The van der Waals surface area contributed by atoms with Crippen molar-refractivity contribution < 1.29 is 19.2 Å². The van der Waals surface area contributed by atoms with Crippen molar-refractivity contribution in [2.45, 2.75) is 13.3 Å². The highest BCUT2D eigenvalue weighted by Crippen LogP contribution is 2.34. The maximum absolute atomic E-state index is 13.3. The van der Waals surface area contributed by atoms with Gasteiger partial charge in [0.15, 0.2) is 0 Å². The number of methoxy groups -OCH3 is 1. The molecule has 0 spiro atoms. The molecular formula is C24H26N4O5. The van der Waals surface area contributed by atoms with Crippen molar-refractivity contribution >= 4 is 28.8 Å². The van der Waals surface area contributed by atoms with E-state index in [-0.39, 0.29) is 17.5 Å². The third-order valence-electron chi connectivity index (χ3n) is 5.98. The zero-order chi connectivity index (χ0) is 23.5. The van der Waals surface area contributed by atoms with Crippen LogP contribution >= 0.6 is 0 Å². The summed E-state index contributed by atoms with van der Waals surface area (Å²) in [6.45, 7) is 4.68. The molecule has 0 unspecified atom stereocenters. The molecule has 1 fully saturated rings. The van der Waals surface area contributed by atoms with E-state index in [1.165, 1.54) is 17.0 Å². The Hall–Kier alpha value is -3.88. The molecule has 0 N–H and O–H groups in total. The number of benzene rings is 2. The van der Waals surface area contributed by atoms with Crippen LogP contribution in [0.25, 0.3) is 5.57 Å². The largest absolute Gasteiger partial charge is 0.495 e. The Balaban J connectivity index is 1.64. The maximum Gasteiger partial charge on any atom is 0.277 e. The minimum atomic E-state index is -0.485. The molecular weight excluding hydrogens is 424 g/mol. The number of piperazine rings is 1. The number of nitrogens with zero attached hydrogens (tertiary/aromatic N) is 4. The number of rotatable bonds is 7. The van der Waals surface area contributed by atoms with Crippen LogP contribution < -0.4 is 9.64 Å². The Morgan fingerprint density at radius 1 is 0.939 bits per heavy atom. The number of anilines is 1. The summed E-state index contributed by atoms with van der Waals surface area (Å²) in [5.74, 6) is 0.136. The van der Waals surface area contributed by atoms with Crippen LogP contribution in [0, 0.1) is 10.1 Å². The number of amides is 2. The van der Waals surface area contributed by atoms with Crippen LogP contribution in [0.1, 0.15) is 18.9 Å². The molecule has 9 heteroatoms. The maximum atomic E-state index is 13.3. The standard InChI is InChI=1S/C24H26N4O5/c1-3-12-27-23(29)21(17-8-10-18(11-9-17)28(31)32)22(24(27)30)26-15-13-25(14-16-26)19-6-4-5-7-20(19)33-2/h4-11H,3,12-16H2,1-2H3. The van der Waals surface area contributed by atoms with Gasteiger partial charge in [-0.05, 0) is 36.2 Å². The van der Waals surface area contributed by atoms with E-state index < -0.39 is 4.92 Å². The molecule has 0 bridgehead atoms. The number of ether oxygens (including phenoxy) is 1. The van der Waals surface area contributed by atoms with E-state index in [2.05, 4.69) is 4.90 Å². The lowest BCUT2D eigenvalue weighted by Gasteiger charge is -2.38. The third kappa shape index (κ3) is 4.13. The van der Waals surface area contributed by atoms with Gasteiger partial charge < -0.3 is 14.5 Å². The summed E-state index contributed by atoms with van der Waals surface area (Å²) in [5, 5.41) is 11.0. The van der Waals surface area contributed by atoms with Crippen molar-refractivity contribution in [1.29, 1.82) is 0 Å². The third-order valence-corrected chi connectivity index (χ3v) is 5.98. The molecule has 2 amide bonds. The number of hydrogen-bond donors (Lipinski definition) is 0. The summed E-state index contributed by atoms with van der Waals surface area (Å²) < 4.78 is 5.48. The zero-order valence-corrected chi connectivity index (χ0v) is 18.7. The predicted octanol–water partition coefficient (Wildman–Crippen LogP) is 2.92. The number of carbonyl (C=O) groups is 2. The molecule has 0 saturated carbocycles. The number of hydrogen-bond acceptors (Lipinski definition) is 7. The van der Waals surface area contributed by atoms with Crippen molar-refractivity contribution in [3.63, 3.8) is 0 Å². The molecule has 0 atom stereocenters. The highest BCUT2D eigenvalue weighted by Gasteiger charge is 2.41. The number of carbonyl (C=O) groups excluding carboxylic acids is 2. The fraction of sp³-hybridized carbons (Fsp3) is 0.333. The van der Waals surface area contributed by atoms with Crippen LogP contribution in [0.4, 0.5) is 11.4 Å².